The van der Waals surface area contributed by atoms with Crippen molar-refractivity contribution < 1.29 is 0 Å². The highest BCUT2D eigenvalue weighted by Crippen LogP contribution is 2.31. The number of hydrogen-bond acceptors (Lipinski definition) is 1. The molecule has 1 saturated carbocycles. The largest absolute Gasteiger partial charge is 0.314 e. The fourth-order valence-electron chi connectivity index (χ4n) is 2.82. The molecule has 0 amide bonds. The van der Waals surface area contributed by atoms with Crippen molar-refractivity contribution in [3.8, 4) is 0 Å². The molecule has 90 valence electrons. The standard InChI is InChI=1S/C14H29N/c1-5-15-14(12(4)11(2)3)10-13-8-6-7-9-13/h11-15H,5-10H2,1-4H3. The zero-order valence-corrected chi connectivity index (χ0v) is 11.1. The summed E-state index contributed by atoms with van der Waals surface area (Å²) in [4.78, 5) is 0. The summed E-state index contributed by atoms with van der Waals surface area (Å²) in [6, 6.07) is 0.748. The summed E-state index contributed by atoms with van der Waals surface area (Å²) in [5.41, 5.74) is 0. The Kier molecular flexibility index (Phi) is 5.66. The lowest BCUT2D eigenvalue weighted by Gasteiger charge is -2.30. The van der Waals surface area contributed by atoms with Crippen LogP contribution in [0.15, 0.2) is 0 Å². The predicted molar refractivity (Wildman–Crippen MR) is 68.0 cm³/mol. The molecular formula is C14H29N. The molecule has 1 N–H and O–H groups in total. The molecule has 15 heavy (non-hydrogen) atoms. The van der Waals surface area contributed by atoms with Gasteiger partial charge in [0.15, 0.2) is 0 Å². The lowest BCUT2D eigenvalue weighted by molar-refractivity contribution is 0.257. The highest BCUT2D eigenvalue weighted by atomic mass is 14.9. The lowest BCUT2D eigenvalue weighted by Crippen LogP contribution is -2.38. The van der Waals surface area contributed by atoms with Crippen molar-refractivity contribution in [3.63, 3.8) is 0 Å². The van der Waals surface area contributed by atoms with Crippen molar-refractivity contribution in [2.45, 2.75) is 65.8 Å². The summed E-state index contributed by atoms with van der Waals surface area (Å²) in [6.45, 7) is 10.5. The molecule has 0 saturated heterocycles. The Bertz CT molecular complexity index is 159. The maximum atomic E-state index is 3.69. The van der Waals surface area contributed by atoms with E-state index < -0.39 is 0 Å². The van der Waals surface area contributed by atoms with Gasteiger partial charge in [-0.05, 0) is 30.7 Å². The number of nitrogens with one attached hydrogen (secondary N) is 1. The van der Waals surface area contributed by atoms with Crippen LogP contribution in [0.5, 0.6) is 0 Å². The summed E-state index contributed by atoms with van der Waals surface area (Å²) < 4.78 is 0. The summed E-state index contributed by atoms with van der Waals surface area (Å²) >= 11 is 0. The first-order chi connectivity index (χ1) is 7.15. The Morgan fingerprint density at radius 3 is 2.20 bits per heavy atom. The van der Waals surface area contributed by atoms with Crippen molar-refractivity contribution in [2.24, 2.45) is 17.8 Å². The van der Waals surface area contributed by atoms with Crippen molar-refractivity contribution >= 4 is 0 Å². The quantitative estimate of drug-likeness (QED) is 0.704. The van der Waals surface area contributed by atoms with Crippen molar-refractivity contribution in [2.75, 3.05) is 6.54 Å². The summed E-state index contributed by atoms with van der Waals surface area (Å²) in [7, 11) is 0. The maximum absolute atomic E-state index is 3.69. The van der Waals surface area contributed by atoms with Crippen molar-refractivity contribution in [3.05, 3.63) is 0 Å². The van der Waals surface area contributed by atoms with Gasteiger partial charge in [0.25, 0.3) is 0 Å². The van der Waals surface area contributed by atoms with E-state index in [0.29, 0.717) is 0 Å². The van der Waals surface area contributed by atoms with Gasteiger partial charge >= 0.3 is 0 Å². The van der Waals surface area contributed by atoms with Crippen LogP contribution in [0, 0.1) is 17.8 Å². The van der Waals surface area contributed by atoms with E-state index in [1.54, 1.807) is 0 Å². The van der Waals surface area contributed by atoms with Gasteiger partial charge in [-0.15, -0.1) is 0 Å². The molecule has 0 aromatic carbocycles. The number of hydrogen-bond donors (Lipinski definition) is 1. The summed E-state index contributed by atoms with van der Waals surface area (Å²) in [6.07, 6.45) is 7.31. The molecule has 1 heteroatoms. The van der Waals surface area contributed by atoms with Crippen LogP contribution in [0.2, 0.25) is 0 Å². The van der Waals surface area contributed by atoms with Crippen LogP contribution < -0.4 is 5.32 Å². The molecule has 2 atom stereocenters. The van der Waals surface area contributed by atoms with E-state index in [4.69, 9.17) is 0 Å². The first-order valence-electron chi connectivity index (χ1n) is 6.88. The molecule has 0 aromatic rings. The van der Waals surface area contributed by atoms with E-state index in [1.165, 1.54) is 32.1 Å². The second kappa shape index (κ2) is 6.52. The third-order valence-electron chi connectivity index (χ3n) is 4.21. The number of rotatable bonds is 6. The Labute approximate surface area is 96.0 Å². The summed E-state index contributed by atoms with van der Waals surface area (Å²) in [5, 5.41) is 3.69. The van der Waals surface area contributed by atoms with E-state index in [2.05, 4.69) is 33.0 Å². The molecule has 0 bridgehead atoms. The van der Waals surface area contributed by atoms with E-state index in [1.807, 2.05) is 0 Å². The van der Waals surface area contributed by atoms with Crippen LogP contribution >= 0.6 is 0 Å². The fraction of sp³-hybridized carbons (Fsp3) is 1.00. The fourth-order valence-corrected chi connectivity index (χ4v) is 2.82. The van der Waals surface area contributed by atoms with E-state index in [9.17, 15) is 0 Å². The van der Waals surface area contributed by atoms with Gasteiger partial charge in [0, 0.05) is 6.04 Å². The maximum Gasteiger partial charge on any atom is 0.00976 e. The molecule has 0 heterocycles. The molecule has 0 aliphatic heterocycles. The lowest BCUT2D eigenvalue weighted by atomic mass is 9.84. The minimum atomic E-state index is 0.748. The topological polar surface area (TPSA) is 12.0 Å². The van der Waals surface area contributed by atoms with Crippen molar-refractivity contribution in [1.82, 2.24) is 5.32 Å². The van der Waals surface area contributed by atoms with E-state index in [-0.39, 0.29) is 0 Å². The van der Waals surface area contributed by atoms with Crippen molar-refractivity contribution in [1.29, 1.82) is 0 Å². The van der Waals surface area contributed by atoms with Gasteiger partial charge in [-0.3, -0.25) is 0 Å². The Balaban J connectivity index is 2.41. The van der Waals surface area contributed by atoms with Gasteiger partial charge in [0.05, 0.1) is 0 Å². The van der Waals surface area contributed by atoms with Crippen LogP contribution in [-0.4, -0.2) is 12.6 Å². The van der Waals surface area contributed by atoms with Gasteiger partial charge < -0.3 is 5.32 Å². The summed E-state index contributed by atoms with van der Waals surface area (Å²) in [5.74, 6) is 2.62. The van der Waals surface area contributed by atoms with Crippen LogP contribution in [-0.2, 0) is 0 Å². The van der Waals surface area contributed by atoms with Crippen LogP contribution in [0.1, 0.15) is 59.8 Å². The van der Waals surface area contributed by atoms with Crippen LogP contribution in [0.3, 0.4) is 0 Å². The van der Waals surface area contributed by atoms with Gasteiger partial charge in [-0.1, -0.05) is 53.4 Å². The average molecular weight is 211 g/mol. The first kappa shape index (κ1) is 13.0. The molecule has 0 radical (unpaired) electrons. The first-order valence-corrected chi connectivity index (χ1v) is 6.88. The zero-order chi connectivity index (χ0) is 11.3. The smallest absolute Gasteiger partial charge is 0.00976 e. The molecule has 1 aliphatic carbocycles. The Hall–Kier alpha value is -0.0400. The predicted octanol–water partition coefficient (Wildman–Crippen LogP) is 3.84. The third kappa shape index (κ3) is 4.14. The molecule has 0 spiro atoms. The highest BCUT2D eigenvalue weighted by Gasteiger charge is 2.24. The Morgan fingerprint density at radius 2 is 1.73 bits per heavy atom. The highest BCUT2D eigenvalue weighted by molar-refractivity contribution is 4.80. The molecular weight excluding hydrogens is 182 g/mol. The second-order valence-electron chi connectivity index (χ2n) is 5.65. The molecule has 2 unspecified atom stereocenters. The molecule has 1 nitrogen and oxygen atoms in total. The monoisotopic (exact) mass is 211 g/mol. The van der Waals surface area contributed by atoms with E-state index >= 15 is 0 Å². The second-order valence-corrected chi connectivity index (χ2v) is 5.65. The Morgan fingerprint density at radius 1 is 1.13 bits per heavy atom. The van der Waals surface area contributed by atoms with Gasteiger partial charge in [0.2, 0.25) is 0 Å². The molecule has 1 fully saturated rings. The van der Waals surface area contributed by atoms with Gasteiger partial charge in [0.1, 0.15) is 0 Å². The minimum absolute atomic E-state index is 0.748. The third-order valence-corrected chi connectivity index (χ3v) is 4.21. The minimum Gasteiger partial charge on any atom is -0.314 e. The molecule has 1 rings (SSSR count). The zero-order valence-electron chi connectivity index (χ0n) is 11.1. The molecule has 1 aliphatic rings. The van der Waals surface area contributed by atoms with Crippen LogP contribution in [0.25, 0.3) is 0 Å². The normalized spacial score (nSPS) is 22.2. The van der Waals surface area contributed by atoms with Crippen LogP contribution in [0.4, 0.5) is 0 Å². The van der Waals surface area contributed by atoms with Gasteiger partial charge in [-0.25, -0.2) is 0 Å². The van der Waals surface area contributed by atoms with Gasteiger partial charge in [-0.2, -0.15) is 0 Å². The van der Waals surface area contributed by atoms with E-state index in [0.717, 1.165) is 30.3 Å². The average Bonchev–Trinajstić information content (AvgIpc) is 2.68. The molecule has 0 aromatic heterocycles. The SMILES string of the molecule is CCNC(CC1CCCC1)C(C)C(C)C.